The molecule has 0 aliphatic heterocycles. The molecule has 4 nitrogen and oxygen atoms in total. The van der Waals surface area contributed by atoms with Gasteiger partial charge in [0.05, 0.1) is 10.5 Å². The molecule has 0 bridgehead atoms. The van der Waals surface area contributed by atoms with E-state index in [1.807, 2.05) is 0 Å². The molecule has 2 aromatic rings. The summed E-state index contributed by atoms with van der Waals surface area (Å²) in [5.74, 6) is -0.597. The Kier molecular flexibility index (Phi) is 2.16. The molecule has 78 valence electrons. The third kappa shape index (κ3) is 1.47. The predicted octanol–water partition coefficient (Wildman–Crippen LogP) is 1.99. The van der Waals surface area contributed by atoms with Crippen LogP contribution >= 0.6 is 11.6 Å². The van der Waals surface area contributed by atoms with Gasteiger partial charge in [-0.1, -0.05) is 11.6 Å². The monoisotopic (exact) mass is 225 g/mol. The summed E-state index contributed by atoms with van der Waals surface area (Å²) < 4.78 is 6.24. The number of oxazole rings is 1. The Morgan fingerprint density at radius 1 is 1.47 bits per heavy atom. The summed E-state index contributed by atoms with van der Waals surface area (Å²) in [4.78, 5) is 22.4. The lowest BCUT2D eigenvalue weighted by molar-refractivity contribution is 0.101. The first-order valence-corrected chi connectivity index (χ1v) is 4.68. The Morgan fingerprint density at radius 3 is 2.73 bits per heavy atom. The Hall–Kier alpha value is -1.55. The number of carbonyl (C=O) groups excluding carboxylic acids is 1. The van der Waals surface area contributed by atoms with Crippen molar-refractivity contribution in [3.05, 3.63) is 33.3 Å². The highest BCUT2D eigenvalue weighted by Crippen LogP contribution is 2.24. The molecule has 5 heteroatoms. The number of rotatable bonds is 1. The van der Waals surface area contributed by atoms with E-state index in [0.29, 0.717) is 16.7 Å². The smallest absolute Gasteiger partial charge is 0.406 e. The minimum absolute atomic E-state index is 0.104. The third-order valence-electron chi connectivity index (χ3n) is 2.26. The van der Waals surface area contributed by atoms with Crippen molar-refractivity contribution in [2.75, 3.05) is 0 Å². The molecule has 0 N–H and O–H groups in total. The summed E-state index contributed by atoms with van der Waals surface area (Å²) in [5, 5.41) is 0.274. The molecular formula is C10H8ClNO3. The number of hydrogen-bond acceptors (Lipinski definition) is 3. The number of hydrogen-bond donors (Lipinski definition) is 0. The van der Waals surface area contributed by atoms with Crippen LogP contribution in [0.2, 0.25) is 5.02 Å². The molecule has 15 heavy (non-hydrogen) atoms. The lowest BCUT2D eigenvalue weighted by atomic mass is 10.1. The van der Waals surface area contributed by atoms with Crippen LogP contribution in [0.25, 0.3) is 11.1 Å². The van der Waals surface area contributed by atoms with Crippen LogP contribution in [-0.2, 0) is 7.05 Å². The van der Waals surface area contributed by atoms with Gasteiger partial charge in [-0.25, -0.2) is 4.79 Å². The fourth-order valence-electron chi connectivity index (χ4n) is 1.39. The first-order chi connectivity index (χ1) is 7.00. The normalized spacial score (nSPS) is 10.9. The number of aryl methyl sites for hydroxylation is 1. The van der Waals surface area contributed by atoms with Gasteiger partial charge in [0.15, 0.2) is 11.4 Å². The third-order valence-corrected chi connectivity index (χ3v) is 2.54. The second-order valence-electron chi connectivity index (χ2n) is 3.29. The summed E-state index contributed by atoms with van der Waals surface area (Å²) >= 11 is 5.89. The summed E-state index contributed by atoms with van der Waals surface area (Å²) in [6.07, 6.45) is 0. The molecule has 0 amide bonds. The molecule has 0 radical (unpaired) electrons. The van der Waals surface area contributed by atoms with E-state index in [1.54, 1.807) is 13.1 Å². The van der Waals surface area contributed by atoms with Crippen LogP contribution < -0.4 is 5.76 Å². The topological polar surface area (TPSA) is 52.2 Å². The minimum atomic E-state index is -0.493. The Bertz CT molecular complexity index is 609. The van der Waals surface area contributed by atoms with Crippen molar-refractivity contribution < 1.29 is 9.21 Å². The van der Waals surface area contributed by atoms with E-state index < -0.39 is 5.76 Å². The molecule has 0 fully saturated rings. The number of fused-ring (bicyclic) bond motifs is 1. The van der Waals surface area contributed by atoms with E-state index in [9.17, 15) is 9.59 Å². The fourth-order valence-corrected chi connectivity index (χ4v) is 1.64. The van der Waals surface area contributed by atoms with Crippen molar-refractivity contribution in [1.82, 2.24) is 4.57 Å². The van der Waals surface area contributed by atoms with E-state index in [2.05, 4.69) is 0 Å². The first-order valence-electron chi connectivity index (χ1n) is 4.30. The lowest BCUT2D eigenvalue weighted by Crippen LogP contribution is -2.08. The molecule has 0 saturated carbocycles. The summed E-state index contributed by atoms with van der Waals surface area (Å²) in [6.45, 7) is 1.44. The van der Waals surface area contributed by atoms with Crippen molar-refractivity contribution in [1.29, 1.82) is 0 Å². The van der Waals surface area contributed by atoms with Gasteiger partial charge in [-0.2, -0.15) is 0 Å². The number of benzene rings is 1. The molecule has 0 aliphatic rings. The Morgan fingerprint density at radius 2 is 2.13 bits per heavy atom. The molecule has 0 unspecified atom stereocenters. The van der Waals surface area contributed by atoms with Crippen LogP contribution in [0.15, 0.2) is 21.3 Å². The van der Waals surface area contributed by atoms with Crippen molar-refractivity contribution in [3.63, 3.8) is 0 Å². The second-order valence-corrected chi connectivity index (χ2v) is 3.70. The number of ketones is 1. The first kappa shape index (κ1) is 9.98. The maximum absolute atomic E-state index is 11.2. The molecule has 1 aromatic carbocycles. The molecular weight excluding hydrogens is 218 g/mol. The number of halogens is 1. The van der Waals surface area contributed by atoms with E-state index in [4.69, 9.17) is 16.0 Å². The van der Waals surface area contributed by atoms with Crippen molar-refractivity contribution in [2.45, 2.75) is 6.92 Å². The van der Waals surface area contributed by atoms with Gasteiger partial charge in [0.25, 0.3) is 0 Å². The van der Waals surface area contributed by atoms with Gasteiger partial charge in [-0.05, 0) is 19.1 Å². The molecule has 0 spiro atoms. The Labute approximate surface area is 90.1 Å². The van der Waals surface area contributed by atoms with Crippen LogP contribution in [-0.4, -0.2) is 10.4 Å². The van der Waals surface area contributed by atoms with Crippen molar-refractivity contribution >= 4 is 28.5 Å². The quantitative estimate of drug-likeness (QED) is 0.698. The zero-order valence-electron chi connectivity index (χ0n) is 8.20. The van der Waals surface area contributed by atoms with Crippen LogP contribution in [0.5, 0.6) is 0 Å². The van der Waals surface area contributed by atoms with Crippen LogP contribution in [0.4, 0.5) is 0 Å². The van der Waals surface area contributed by atoms with Gasteiger partial charge >= 0.3 is 5.76 Å². The maximum atomic E-state index is 11.2. The lowest BCUT2D eigenvalue weighted by Gasteiger charge is -1.98. The predicted molar refractivity (Wildman–Crippen MR) is 56.5 cm³/mol. The largest absolute Gasteiger partial charge is 0.419 e. The molecule has 1 aromatic heterocycles. The second kappa shape index (κ2) is 3.24. The van der Waals surface area contributed by atoms with E-state index in [-0.39, 0.29) is 10.8 Å². The number of aromatic nitrogens is 1. The zero-order chi connectivity index (χ0) is 11.2. The standard InChI is InChI=1S/C10H8ClNO3/c1-5(13)6-3-7(11)9-8(4-6)12(2)10(14)15-9/h3-4H,1-2H3. The van der Waals surface area contributed by atoms with E-state index in [0.717, 1.165) is 0 Å². The van der Waals surface area contributed by atoms with E-state index in [1.165, 1.54) is 17.6 Å². The zero-order valence-corrected chi connectivity index (χ0v) is 8.96. The Balaban J connectivity index is 2.91. The van der Waals surface area contributed by atoms with Gasteiger partial charge in [0.1, 0.15) is 0 Å². The van der Waals surface area contributed by atoms with Gasteiger partial charge < -0.3 is 4.42 Å². The van der Waals surface area contributed by atoms with Crippen molar-refractivity contribution in [3.8, 4) is 0 Å². The summed E-state index contributed by atoms with van der Waals surface area (Å²) in [6, 6.07) is 3.09. The number of nitrogens with zero attached hydrogens (tertiary/aromatic N) is 1. The average Bonchev–Trinajstić information content (AvgIpc) is 2.45. The highest BCUT2D eigenvalue weighted by Gasteiger charge is 2.12. The number of Topliss-reactive ketones (excluding diaryl/α,β-unsaturated/α-hetero) is 1. The van der Waals surface area contributed by atoms with E-state index >= 15 is 0 Å². The molecule has 0 aliphatic carbocycles. The van der Waals surface area contributed by atoms with Crippen LogP contribution in [0, 0.1) is 0 Å². The van der Waals surface area contributed by atoms with Crippen molar-refractivity contribution in [2.24, 2.45) is 7.05 Å². The SMILES string of the molecule is CC(=O)c1cc(Cl)c2oc(=O)n(C)c2c1. The highest BCUT2D eigenvalue weighted by atomic mass is 35.5. The van der Waals surface area contributed by atoms with Gasteiger partial charge in [-0.3, -0.25) is 9.36 Å². The minimum Gasteiger partial charge on any atom is -0.406 e. The summed E-state index contributed by atoms with van der Waals surface area (Å²) in [7, 11) is 1.56. The number of carbonyl (C=O) groups is 1. The fraction of sp³-hybridized carbons (Fsp3) is 0.200. The summed E-state index contributed by atoms with van der Waals surface area (Å²) in [5.41, 5.74) is 1.30. The highest BCUT2D eigenvalue weighted by molar-refractivity contribution is 6.35. The van der Waals surface area contributed by atoms with Crippen LogP contribution in [0.1, 0.15) is 17.3 Å². The van der Waals surface area contributed by atoms with Gasteiger partial charge in [0.2, 0.25) is 0 Å². The van der Waals surface area contributed by atoms with Gasteiger partial charge in [0, 0.05) is 12.6 Å². The molecule has 2 rings (SSSR count). The average molecular weight is 226 g/mol. The molecule has 0 saturated heterocycles. The maximum Gasteiger partial charge on any atom is 0.419 e. The molecule has 0 atom stereocenters. The molecule has 1 heterocycles. The van der Waals surface area contributed by atoms with Gasteiger partial charge in [-0.15, -0.1) is 0 Å². The van der Waals surface area contributed by atoms with Crippen LogP contribution in [0.3, 0.4) is 0 Å².